The van der Waals surface area contributed by atoms with Gasteiger partial charge in [-0.2, -0.15) is 0 Å². The van der Waals surface area contributed by atoms with Crippen LogP contribution >= 0.6 is 0 Å². The van der Waals surface area contributed by atoms with Gasteiger partial charge in [-0.15, -0.1) is 0 Å². The third-order valence-electron chi connectivity index (χ3n) is 4.95. The van der Waals surface area contributed by atoms with Crippen molar-refractivity contribution in [2.75, 3.05) is 5.73 Å². The van der Waals surface area contributed by atoms with E-state index in [1.165, 1.54) is 16.7 Å². The molecule has 0 radical (unpaired) electrons. The maximum absolute atomic E-state index is 6.19. The number of allylic oxidation sites excluding steroid dienone is 8. The Hall–Kier alpha value is -2.80. The molecule has 0 spiro atoms. The van der Waals surface area contributed by atoms with Gasteiger partial charge < -0.3 is 5.73 Å². The van der Waals surface area contributed by atoms with Gasteiger partial charge in [0.1, 0.15) is 0 Å². The highest BCUT2D eigenvalue weighted by molar-refractivity contribution is 5.82. The molecule has 0 fully saturated rings. The van der Waals surface area contributed by atoms with E-state index in [0.29, 0.717) is 5.92 Å². The van der Waals surface area contributed by atoms with Crippen LogP contribution in [0.2, 0.25) is 0 Å². The summed E-state index contributed by atoms with van der Waals surface area (Å²) in [5.74, 6) is 0.431. The molecule has 0 amide bonds. The highest BCUT2D eigenvalue weighted by Gasteiger charge is 2.30. The van der Waals surface area contributed by atoms with Crippen molar-refractivity contribution in [2.45, 2.75) is 6.92 Å². The van der Waals surface area contributed by atoms with E-state index in [1.54, 1.807) is 0 Å². The van der Waals surface area contributed by atoms with E-state index in [9.17, 15) is 0 Å². The SMILES string of the molecule is CC12C=CC=CC1C=CC(c1cc(N)cc(-c3ccccc3)c1)=C2. The summed E-state index contributed by atoms with van der Waals surface area (Å²) in [4.78, 5) is 0. The molecule has 2 aromatic rings. The van der Waals surface area contributed by atoms with Crippen LogP contribution in [0.3, 0.4) is 0 Å². The third-order valence-corrected chi connectivity index (χ3v) is 4.95. The molecule has 1 heteroatoms. The van der Waals surface area contributed by atoms with E-state index >= 15 is 0 Å². The molecule has 0 bridgehead atoms. The molecule has 118 valence electrons. The number of rotatable bonds is 2. The fraction of sp³-hybridized carbons (Fsp3) is 0.130. The first-order chi connectivity index (χ1) is 11.6. The minimum absolute atomic E-state index is 0.0380. The lowest BCUT2D eigenvalue weighted by atomic mass is 9.70. The van der Waals surface area contributed by atoms with Gasteiger partial charge in [-0.1, -0.05) is 79.8 Å². The van der Waals surface area contributed by atoms with Crippen molar-refractivity contribution < 1.29 is 0 Å². The van der Waals surface area contributed by atoms with Crippen LogP contribution in [0.25, 0.3) is 16.7 Å². The number of nitrogen functional groups attached to an aromatic ring is 1. The predicted molar refractivity (Wildman–Crippen MR) is 103 cm³/mol. The molecule has 2 aliphatic rings. The van der Waals surface area contributed by atoms with Crippen LogP contribution in [0.15, 0.2) is 91.1 Å². The molecule has 2 atom stereocenters. The van der Waals surface area contributed by atoms with Crippen LogP contribution in [-0.4, -0.2) is 0 Å². The smallest absolute Gasteiger partial charge is 0.0326 e. The van der Waals surface area contributed by atoms with Gasteiger partial charge >= 0.3 is 0 Å². The number of hydrogen-bond donors (Lipinski definition) is 1. The summed E-state index contributed by atoms with van der Waals surface area (Å²) < 4.78 is 0. The first-order valence-electron chi connectivity index (χ1n) is 8.37. The Labute approximate surface area is 143 Å². The first-order valence-corrected chi connectivity index (χ1v) is 8.37. The molecule has 0 saturated heterocycles. The predicted octanol–water partition coefficient (Wildman–Crippen LogP) is 5.64. The van der Waals surface area contributed by atoms with Gasteiger partial charge in [0.05, 0.1) is 0 Å². The summed E-state index contributed by atoms with van der Waals surface area (Å²) in [5, 5.41) is 0. The van der Waals surface area contributed by atoms with Crippen molar-refractivity contribution in [3.63, 3.8) is 0 Å². The average molecular weight is 311 g/mol. The standard InChI is InChI=1S/C23H21N/c1-23-12-6-5-9-21(23)11-10-18(16-23)20-13-19(14-22(24)15-20)17-7-3-2-4-8-17/h2-16,21H,24H2,1H3. The van der Waals surface area contributed by atoms with E-state index in [1.807, 2.05) is 12.1 Å². The summed E-state index contributed by atoms with van der Waals surface area (Å²) >= 11 is 0. The van der Waals surface area contributed by atoms with Crippen molar-refractivity contribution >= 4 is 11.3 Å². The summed E-state index contributed by atoms with van der Waals surface area (Å²) in [7, 11) is 0. The number of nitrogens with two attached hydrogens (primary N) is 1. The Morgan fingerprint density at radius 1 is 0.875 bits per heavy atom. The number of fused-ring (bicyclic) bond motifs is 1. The van der Waals surface area contributed by atoms with Crippen molar-refractivity contribution in [1.82, 2.24) is 0 Å². The van der Waals surface area contributed by atoms with Crippen LogP contribution in [0, 0.1) is 11.3 Å². The molecule has 0 saturated carbocycles. The molecule has 2 unspecified atom stereocenters. The van der Waals surface area contributed by atoms with Gasteiger partial charge in [0, 0.05) is 17.0 Å². The van der Waals surface area contributed by atoms with E-state index < -0.39 is 0 Å². The fourth-order valence-electron chi connectivity index (χ4n) is 3.57. The fourth-order valence-corrected chi connectivity index (χ4v) is 3.57. The lowest BCUT2D eigenvalue weighted by molar-refractivity contribution is 0.454. The summed E-state index contributed by atoms with van der Waals surface area (Å²) in [6, 6.07) is 16.7. The summed E-state index contributed by atoms with van der Waals surface area (Å²) in [6.45, 7) is 2.28. The lowest BCUT2D eigenvalue weighted by Crippen LogP contribution is -2.24. The number of hydrogen-bond acceptors (Lipinski definition) is 1. The summed E-state index contributed by atoms with van der Waals surface area (Å²) in [6.07, 6.45) is 15.7. The molecule has 0 aliphatic heterocycles. The minimum Gasteiger partial charge on any atom is -0.399 e. The Morgan fingerprint density at radius 3 is 2.50 bits per heavy atom. The van der Waals surface area contributed by atoms with E-state index in [0.717, 1.165) is 11.3 Å². The molecule has 2 aromatic carbocycles. The quantitative estimate of drug-likeness (QED) is 0.714. The van der Waals surface area contributed by atoms with Crippen LogP contribution in [0.4, 0.5) is 5.69 Å². The zero-order valence-electron chi connectivity index (χ0n) is 13.8. The van der Waals surface area contributed by atoms with Crippen LogP contribution < -0.4 is 5.73 Å². The molecule has 2 N–H and O–H groups in total. The zero-order chi connectivity index (χ0) is 16.6. The maximum atomic E-state index is 6.19. The van der Waals surface area contributed by atoms with E-state index in [4.69, 9.17) is 5.73 Å². The second-order valence-electron chi connectivity index (χ2n) is 6.80. The Kier molecular flexibility index (Phi) is 3.50. The Balaban J connectivity index is 1.78. The Bertz CT molecular complexity index is 884. The van der Waals surface area contributed by atoms with Gasteiger partial charge in [-0.05, 0) is 40.5 Å². The second kappa shape index (κ2) is 5.68. The normalized spacial score (nSPS) is 24.5. The van der Waals surface area contributed by atoms with E-state index in [-0.39, 0.29) is 5.41 Å². The van der Waals surface area contributed by atoms with Crippen molar-refractivity contribution in [3.05, 3.63) is 96.6 Å². The van der Waals surface area contributed by atoms with Crippen LogP contribution in [0.1, 0.15) is 12.5 Å². The monoisotopic (exact) mass is 311 g/mol. The maximum Gasteiger partial charge on any atom is 0.0326 e. The molecule has 0 aromatic heterocycles. The van der Waals surface area contributed by atoms with Crippen molar-refractivity contribution in [1.29, 1.82) is 0 Å². The van der Waals surface area contributed by atoms with Gasteiger partial charge in [0.25, 0.3) is 0 Å². The van der Waals surface area contributed by atoms with Crippen LogP contribution in [-0.2, 0) is 0 Å². The highest BCUT2D eigenvalue weighted by atomic mass is 14.5. The minimum atomic E-state index is 0.0380. The number of anilines is 1. The zero-order valence-corrected chi connectivity index (χ0v) is 13.8. The third kappa shape index (κ3) is 2.63. The van der Waals surface area contributed by atoms with Crippen molar-refractivity contribution in [3.8, 4) is 11.1 Å². The van der Waals surface area contributed by atoms with Gasteiger partial charge in [-0.3, -0.25) is 0 Å². The second-order valence-corrected chi connectivity index (χ2v) is 6.80. The lowest BCUT2D eigenvalue weighted by Gasteiger charge is -2.34. The summed E-state index contributed by atoms with van der Waals surface area (Å²) in [5.41, 5.74) is 11.8. The number of benzene rings is 2. The van der Waals surface area contributed by atoms with Crippen molar-refractivity contribution in [2.24, 2.45) is 11.3 Å². The van der Waals surface area contributed by atoms with Gasteiger partial charge in [0.15, 0.2) is 0 Å². The highest BCUT2D eigenvalue weighted by Crippen LogP contribution is 2.42. The topological polar surface area (TPSA) is 26.0 Å². The molecule has 1 nitrogen and oxygen atoms in total. The molecule has 0 heterocycles. The average Bonchev–Trinajstić information content (AvgIpc) is 2.61. The largest absolute Gasteiger partial charge is 0.399 e. The van der Waals surface area contributed by atoms with Gasteiger partial charge in [-0.25, -0.2) is 0 Å². The van der Waals surface area contributed by atoms with E-state index in [2.05, 4.69) is 85.9 Å². The molecule has 2 aliphatic carbocycles. The van der Waals surface area contributed by atoms with Crippen LogP contribution in [0.5, 0.6) is 0 Å². The molecule has 24 heavy (non-hydrogen) atoms. The molecular weight excluding hydrogens is 290 g/mol. The van der Waals surface area contributed by atoms with Gasteiger partial charge in [0.2, 0.25) is 0 Å². The molecular formula is C23H21N. The molecule has 4 rings (SSSR count). The first kappa shape index (κ1) is 14.8. The Morgan fingerprint density at radius 2 is 1.67 bits per heavy atom.